The zero-order chi connectivity index (χ0) is 9.40. The Balaban J connectivity index is 3.20. The summed E-state index contributed by atoms with van der Waals surface area (Å²) in [5.41, 5.74) is 0. The molecule has 0 heterocycles. The predicted molar refractivity (Wildman–Crippen MR) is 53.9 cm³/mol. The van der Waals surface area contributed by atoms with Gasteiger partial charge in [-0.3, -0.25) is 4.57 Å². The molecule has 2 nitrogen and oxygen atoms in total. The quantitative estimate of drug-likeness (QED) is 0.453. The predicted octanol–water partition coefficient (Wildman–Crippen LogP) is 3.59. The molecule has 0 aromatic heterocycles. The lowest BCUT2D eigenvalue weighted by atomic mass is 10.2. The smallest absolute Gasteiger partial charge is 0.215 e. The first kappa shape index (κ1) is 11.9. The number of unbranched alkanes of at least 4 members (excludes halogenated alkanes) is 3. The van der Waals surface area contributed by atoms with E-state index in [4.69, 9.17) is 4.52 Å². The number of rotatable bonds is 7. The van der Waals surface area contributed by atoms with Gasteiger partial charge in [0.2, 0.25) is 8.03 Å². The molecule has 1 atom stereocenters. The van der Waals surface area contributed by atoms with E-state index in [9.17, 15) is 4.57 Å². The van der Waals surface area contributed by atoms with Crippen molar-refractivity contribution in [3.63, 3.8) is 0 Å². The average Bonchev–Trinajstić information content (AvgIpc) is 2.03. The third kappa shape index (κ3) is 6.63. The summed E-state index contributed by atoms with van der Waals surface area (Å²) in [4.78, 5) is 0. The van der Waals surface area contributed by atoms with E-state index < -0.39 is 8.03 Å². The Kier molecular flexibility index (Phi) is 7.53. The van der Waals surface area contributed by atoms with Crippen LogP contribution >= 0.6 is 8.03 Å². The largest absolute Gasteiger partial charge is 0.328 e. The molecule has 0 fully saturated rings. The minimum atomic E-state index is -1.94. The van der Waals surface area contributed by atoms with Gasteiger partial charge in [0, 0.05) is 5.31 Å². The molecule has 0 aromatic rings. The van der Waals surface area contributed by atoms with E-state index in [0.717, 1.165) is 6.42 Å². The van der Waals surface area contributed by atoms with Gasteiger partial charge in [-0.15, -0.1) is 0 Å². The van der Waals surface area contributed by atoms with E-state index in [-0.39, 0.29) is 0 Å². The van der Waals surface area contributed by atoms with E-state index in [1.807, 2.05) is 0 Å². The van der Waals surface area contributed by atoms with Crippen molar-refractivity contribution in [2.45, 2.75) is 39.5 Å². The van der Waals surface area contributed by atoms with Crippen LogP contribution in [0.25, 0.3) is 0 Å². The fourth-order valence-electron chi connectivity index (χ4n) is 0.817. The fourth-order valence-corrected chi connectivity index (χ4v) is 1.39. The highest BCUT2D eigenvalue weighted by atomic mass is 31.1. The Hall–Kier alpha value is -0.0700. The summed E-state index contributed by atoms with van der Waals surface area (Å²) in [6.07, 6.45) is 4.63. The maximum atomic E-state index is 11.0. The summed E-state index contributed by atoms with van der Waals surface area (Å²) in [5, 5.41) is 0.662. The molecular formula is C9H19O2P. The molecular weight excluding hydrogens is 171 g/mol. The molecule has 0 aromatic carbocycles. The fraction of sp³-hybridized carbons (Fsp3) is 0.778. The van der Waals surface area contributed by atoms with Crippen LogP contribution in [-0.4, -0.2) is 6.61 Å². The first-order valence-corrected chi connectivity index (χ1v) is 5.82. The summed E-state index contributed by atoms with van der Waals surface area (Å²) < 4.78 is 16.1. The molecule has 0 amide bonds. The Bertz CT molecular complexity index is 155. The van der Waals surface area contributed by atoms with Crippen molar-refractivity contribution in [2.75, 3.05) is 6.61 Å². The minimum Gasteiger partial charge on any atom is -0.328 e. The normalized spacial score (nSPS) is 12.8. The summed E-state index contributed by atoms with van der Waals surface area (Å²) in [6.45, 7) is 8.10. The highest BCUT2D eigenvalue weighted by molar-refractivity contribution is 7.44. The Morgan fingerprint density at radius 2 is 2.08 bits per heavy atom. The molecule has 0 saturated heterocycles. The standard InChI is InChI=1S/C9H19O2P/c1-4-5-6-7-8-11-12(10)9(2)3/h12H,2,4-8H2,1,3H3. The summed E-state index contributed by atoms with van der Waals surface area (Å²) in [6, 6.07) is 0. The van der Waals surface area contributed by atoms with Crippen molar-refractivity contribution < 1.29 is 9.09 Å². The molecule has 0 N–H and O–H groups in total. The Morgan fingerprint density at radius 1 is 1.42 bits per heavy atom. The van der Waals surface area contributed by atoms with E-state index in [0.29, 0.717) is 11.9 Å². The molecule has 1 unspecified atom stereocenters. The van der Waals surface area contributed by atoms with Crippen molar-refractivity contribution in [3.05, 3.63) is 11.9 Å². The van der Waals surface area contributed by atoms with Gasteiger partial charge in [-0.1, -0.05) is 32.8 Å². The van der Waals surface area contributed by atoms with Gasteiger partial charge in [-0.05, 0) is 13.3 Å². The van der Waals surface area contributed by atoms with Crippen molar-refractivity contribution in [2.24, 2.45) is 0 Å². The van der Waals surface area contributed by atoms with Crippen LogP contribution in [0.15, 0.2) is 11.9 Å². The lowest BCUT2D eigenvalue weighted by Crippen LogP contribution is -1.86. The van der Waals surface area contributed by atoms with Crippen LogP contribution in [0.1, 0.15) is 39.5 Å². The number of hydrogen-bond acceptors (Lipinski definition) is 2. The Morgan fingerprint density at radius 3 is 2.58 bits per heavy atom. The van der Waals surface area contributed by atoms with Gasteiger partial charge < -0.3 is 4.52 Å². The molecule has 0 spiro atoms. The van der Waals surface area contributed by atoms with Crippen molar-refractivity contribution in [3.8, 4) is 0 Å². The monoisotopic (exact) mass is 190 g/mol. The van der Waals surface area contributed by atoms with E-state index in [2.05, 4.69) is 13.5 Å². The van der Waals surface area contributed by atoms with E-state index in [1.54, 1.807) is 6.92 Å². The van der Waals surface area contributed by atoms with E-state index in [1.165, 1.54) is 19.3 Å². The summed E-state index contributed by atoms with van der Waals surface area (Å²) in [7, 11) is -1.94. The second-order valence-electron chi connectivity index (χ2n) is 2.98. The van der Waals surface area contributed by atoms with Crippen molar-refractivity contribution in [1.29, 1.82) is 0 Å². The second-order valence-corrected chi connectivity index (χ2v) is 4.69. The second kappa shape index (κ2) is 7.57. The SMILES string of the molecule is C=C(C)[PH](=O)OCCCCCC. The Labute approximate surface area is 75.9 Å². The van der Waals surface area contributed by atoms with Gasteiger partial charge >= 0.3 is 0 Å². The maximum Gasteiger partial charge on any atom is 0.215 e. The zero-order valence-electron chi connectivity index (χ0n) is 8.06. The molecule has 0 saturated carbocycles. The van der Waals surface area contributed by atoms with Crippen LogP contribution < -0.4 is 0 Å². The molecule has 3 heteroatoms. The van der Waals surface area contributed by atoms with Crippen LogP contribution in [0.4, 0.5) is 0 Å². The molecule has 0 aliphatic rings. The van der Waals surface area contributed by atoms with Crippen LogP contribution in [0.5, 0.6) is 0 Å². The molecule has 0 radical (unpaired) electrons. The zero-order valence-corrected chi connectivity index (χ0v) is 9.06. The van der Waals surface area contributed by atoms with E-state index >= 15 is 0 Å². The van der Waals surface area contributed by atoms with Gasteiger partial charge in [0.1, 0.15) is 0 Å². The molecule has 0 aliphatic heterocycles. The minimum absolute atomic E-state index is 0.616. The topological polar surface area (TPSA) is 26.3 Å². The number of hydrogen-bond donors (Lipinski definition) is 0. The molecule has 0 rings (SSSR count). The maximum absolute atomic E-state index is 11.0. The van der Waals surface area contributed by atoms with Crippen LogP contribution in [0, 0.1) is 0 Å². The van der Waals surface area contributed by atoms with Crippen LogP contribution in [0.3, 0.4) is 0 Å². The third-order valence-electron chi connectivity index (χ3n) is 1.58. The summed E-state index contributed by atoms with van der Waals surface area (Å²) in [5.74, 6) is 0. The third-order valence-corrected chi connectivity index (χ3v) is 2.74. The van der Waals surface area contributed by atoms with Gasteiger partial charge in [-0.2, -0.15) is 0 Å². The lowest BCUT2D eigenvalue weighted by molar-refractivity contribution is 0.320. The van der Waals surface area contributed by atoms with Crippen LogP contribution in [-0.2, 0) is 9.09 Å². The van der Waals surface area contributed by atoms with Gasteiger partial charge in [0.25, 0.3) is 0 Å². The van der Waals surface area contributed by atoms with Gasteiger partial charge in [-0.25, -0.2) is 0 Å². The first-order valence-electron chi connectivity index (χ1n) is 4.51. The molecule has 72 valence electrons. The average molecular weight is 190 g/mol. The van der Waals surface area contributed by atoms with Crippen molar-refractivity contribution >= 4 is 8.03 Å². The lowest BCUT2D eigenvalue weighted by Gasteiger charge is -2.02. The summed E-state index contributed by atoms with van der Waals surface area (Å²) >= 11 is 0. The number of allylic oxidation sites excluding steroid dienone is 1. The van der Waals surface area contributed by atoms with Crippen molar-refractivity contribution in [1.82, 2.24) is 0 Å². The molecule has 0 aliphatic carbocycles. The van der Waals surface area contributed by atoms with Gasteiger partial charge in [0.15, 0.2) is 0 Å². The molecule has 0 bridgehead atoms. The molecule has 12 heavy (non-hydrogen) atoms. The highest BCUT2D eigenvalue weighted by Crippen LogP contribution is 2.31. The van der Waals surface area contributed by atoms with Gasteiger partial charge in [0.05, 0.1) is 6.61 Å². The highest BCUT2D eigenvalue weighted by Gasteiger charge is 1.98. The first-order chi connectivity index (χ1) is 5.68. The van der Waals surface area contributed by atoms with Crippen LogP contribution in [0.2, 0.25) is 0 Å².